The van der Waals surface area contributed by atoms with Crippen LogP contribution in [0, 0.1) is 0 Å². The van der Waals surface area contributed by atoms with Crippen molar-refractivity contribution in [3.05, 3.63) is 81.0 Å². The highest BCUT2D eigenvalue weighted by atomic mass is 35.5. The lowest BCUT2D eigenvalue weighted by Crippen LogP contribution is -2.37. The van der Waals surface area contributed by atoms with Gasteiger partial charge in [-0.3, -0.25) is 4.57 Å². The number of aromatic nitrogens is 6. The number of hydrogen-bond acceptors (Lipinski definition) is 5. The highest BCUT2D eigenvalue weighted by molar-refractivity contribution is 6.32. The Kier molecular flexibility index (Phi) is 6.28. The SMILES string of the molecule is O=c1n(Cc2cn(-c3ccccc3Cl)nn2)nc(-c2ccc(Cl)cc2)n1C[C@H](O)C(F)(F)F. The summed E-state index contributed by atoms with van der Waals surface area (Å²) in [6.45, 7) is -1.19. The highest BCUT2D eigenvalue weighted by Crippen LogP contribution is 2.24. The van der Waals surface area contributed by atoms with Gasteiger partial charge in [0.05, 0.1) is 30.0 Å². The standard InChI is InChI=1S/C20H15Cl2F3N6O2/c21-13-7-5-12(6-8-13)18-27-31(19(33)29(18)11-17(32)20(23,24)25)10-14-9-30(28-26-14)16-4-2-1-3-15(16)22/h1-9,17,32H,10-11H2/t17-/m0/s1. The van der Waals surface area contributed by atoms with Crippen molar-refractivity contribution >= 4 is 23.2 Å². The lowest BCUT2D eigenvalue weighted by molar-refractivity contribution is -0.207. The Morgan fingerprint density at radius 1 is 1.06 bits per heavy atom. The molecule has 0 aliphatic rings. The van der Waals surface area contributed by atoms with Gasteiger partial charge in [-0.1, -0.05) is 40.5 Å². The van der Waals surface area contributed by atoms with Crippen LogP contribution in [0.3, 0.4) is 0 Å². The molecule has 2 aromatic heterocycles. The maximum atomic E-state index is 13.0. The first-order chi connectivity index (χ1) is 15.6. The molecule has 0 radical (unpaired) electrons. The molecule has 0 unspecified atom stereocenters. The largest absolute Gasteiger partial charge is 0.416 e. The van der Waals surface area contributed by atoms with Crippen LogP contribution in [0.5, 0.6) is 0 Å². The highest BCUT2D eigenvalue weighted by Gasteiger charge is 2.39. The topological polar surface area (TPSA) is 90.8 Å². The molecule has 4 aromatic rings. The third-order valence-electron chi connectivity index (χ3n) is 4.71. The van der Waals surface area contributed by atoms with Crippen molar-refractivity contribution < 1.29 is 18.3 Å². The van der Waals surface area contributed by atoms with Gasteiger partial charge in [-0.05, 0) is 36.4 Å². The van der Waals surface area contributed by atoms with Crippen LogP contribution in [0.4, 0.5) is 13.2 Å². The minimum atomic E-state index is -4.91. The van der Waals surface area contributed by atoms with E-state index in [4.69, 9.17) is 23.2 Å². The number of halogens is 5. The molecule has 0 saturated carbocycles. The molecule has 0 bridgehead atoms. The van der Waals surface area contributed by atoms with Gasteiger partial charge in [-0.25, -0.2) is 14.2 Å². The van der Waals surface area contributed by atoms with E-state index in [2.05, 4.69) is 15.4 Å². The lowest BCUT2D eigenvalue weighted by atomic mass is 10.2. The van der Waals surface area contributed by atoms with Crippen molar-refractivity contribution in [1.82, 2.24) is 29.3 Å². The van der Waals surface area contributed by atoms with E-state index in [1.54, 1.807) is 24.3 Å². The van der Waals surface area contributed by atoms with E-state index in [0.29, 0.717) is 27.0 Å². The predicted molar refractivity (Wildman–Crippen MR) is 114 cm³/mol. The van der Waals surface area contributed by atoms with Crippen molar-refractivity contribution in [2.24, 2.45) is 0 Å². The Bertz CT molecular complexity index is 1330. The van der Waals surface area contributed by atoms with Gasteiger partial charge in [0, 0.05) is 10.6 Å². The molecule has 1 atom stereocenters. The van der Waals surface area contributed by atoms with Crippen molar-refractivity contribution in [3.63, 3.8) is 0 Å². The molecule has 0 aliphatic carbocycles. The quantitative estimate of drug-likeness (QED) is 0.438. The molecule has 0 saturated heterocycles. The average Bonchev–Trinajstić information content (AvgIpc) is 3.34. The molecule has 2 aromatic carbocycles. The fraction of sp³-hybridized carbons (Fsp3) is 0.200. The number of nitrogens with zero attached hydrogens (tertiary/aromatic N) is 6. The van der Waals surface area contributed by atoms with Gasteiger partial charge in [0.1, 0.15) is 5.69 Å². The normalized spacial score (nSPS) is 12.8. The van der Waals surface area contributed by atoms with E-state index in [1.807, 2.05) is 0 Å². The zero-order chi connectivity index (χ0) is 23.8. The summed E-state index contributed by atoms with van der Waals surface area (Å²) >= 11 is 12.0. The van der Waals surface area contributed by atoms with Crippen LogP contribution in [0.25, 0.3) is 17.1 Å². The second-order valence-electron chi connectivity index (χ2n) is 7.04. The first-order valence-electron chi connectivity index (χ1n) is 9.48. The van der Waals surface area contributed by atoms with E-state index in [-0.39, 0.29) is 12.4 Å². The minimum absolute atomic E-state index is 0.0570. The predicted octanol–water partition coefficient (Wildman–Crippen LogP) is 3.57. The molecule has 172 valence electrons. The molecule has 1 N–H and O–H groups in total. The number of alkyl halides is 3. The van der Waals surface area contributed by atoms with E-state index >= 15 is 0 Å². The van der Waals surface area contributed by atoms with Crippen molar-refractivity contribution in [2.45, 2.75) is 25.4 Å². The Labute approximate surface area is 194 Å². The summed E-state index contributed by atoms with van der Waals surface area (Å²) in [5.74, 6) is -0.0570. The molecular formula is C20H15Cl2F3N6O2. The van der Waals surface area contributed by atoms with E-state index in [1.165, 1.54) is 35.1 Å². The molecule has 13 heteroatoms. The number of aliphatic hydroxyl groups is 1. The van der Waals surface area contributed by atoms with Gasteiger partial charge >= 0.3 is 11.9 Å². The lowest BCUT2D eigenvalue weighted by Gasteiger charge is -2.15. The number of para-hydroxylation sites is 1. The molecule has 33 heavy (non-hydrogen) atoms. The van der Waals surface area contributed by atoms with Crippen LogP contribution in [-0.2, 0) is 13.1 Å². The second kappa shape index (κ2) is 9.00. The number of hydrogen-bond donors (Lipinski definition) is 1. The summed E-state index contributed by atoms with van der Waals surface area (Å²) < 4.78 is 42.0. The molecule has 0 amide bonds. The molecule has 0 aliphatic heterocycles. The van der Waals surface area contributed by atoms with Gasteiger partial charge in [0.25, 0.3) is 0 Å². The first kappa shape index (κ1) is 23.0. The zero-order valence-corrected chi connectivity index (χ0v) is 18.1. The van der Waals surface area contributed by atoms with Crippen LogP contribution >= 0.6 is 23.2 Å². The zero-order valence-electron chi connectivity index (χ0n) is 16.6. The summed E-state index contributed by atoms with van der Waals surface area (Å²) in [4.78, 5) is 12.9. The smallest absolute Gasteiger partial charge is 0.382 e. The van der Waals surface area contributed by atoms with Crippen LogP contribution in [0.2, 0.25) is 10.0 Å². The molecule has 4 rings (SSSR count). The van der Waals surface area contributed by atoms with Crippen molar-refractivity contribution in [1.29, 1.82) is 0 Å². The third-order valence-corrected chi connectivity index (χ3v) is 5.28. The van der Waals surface area contributed by atoms with Gasteiger partial charge in [-0.2, -0.15) is 13.2 Å². The monoisotopic (exact) mass is 498 g/mol. The fourth-order valence-corrected chi connectivity index (χ4v) is 3.43. The van der Waals surface area contributed by atoms with Gasteiger partial charge in [0.15, 0.2) is 11.9 Å². The van der Waals surface area contributed by atoms with E-state index in [0.717, 1.165) is 9.25 Å². The number of rotatable bonds is 6. The molecule has 0 fully saturated rings. The Morgan fingerprint density at radius 3 is 2.42 bits per heavy atom. The third kappa shape index (κ3) is 4.95. The summed E-state index contributed by atoms with van der Waals surface area (Å²) in [7, 11) is 0. The van der Waals surface area contributed by atoms with E-state index in [9.17, 15) is 23.1 Å². The number of benzene rings is 2. The number of aliphatic hydroxyl groups excluding tert-OH is 1. The second-order valence-corrected chi connectivity index (χ2v) is 7.89. The van der Waals surface area contributed by atoms with Crippen LogP contribution in [0.1, 0.15) is 5.69 Å². The fourth-order valence-electron chi connectivity index (χ4n) is 3.08. The summed E-state index contributed by atoms with van der Waals surface area (Å²) in [5, 5.41) is 22.5. The van der Waals surface area contributed by atoms with Crippen molar-refractivity contribution in [2.75, 3.05) is 0 Å². The Balaban J connectivity index is 1.71. The van der Waals surface area contributed by atoms with Crippen molar-refractivity contribution in [3.8, 4) is 17.1 Å². The molecule has 0 spiro atoms. The summed E-state index contributed by atoms with van der Waals surface area (Å²) in [6.07, 6.45) is -6.13. The first-order valence-corrected chi connectivity index (χ1v) is 10.2. The minimum Gasteiger partial charge on any atom is -0.382 e. The molecular weight excluding hydrogens is 484 g/mol. The molecule has 2 heterocycles. The Morgan fingerprint density at radius 2 is 1.76 bits per heavy atom. The van der Waals surface area contributed by atoms with Crippen LogP contribution < -0.4 is 5.69 Å². The van der Waals surface area contributed by atoms with Gasteiger partial charge < -0.3 is 5.11 Å². The van der Waals surface area contributed by atoms with Gasteiger partial charge in [-0.15, -0.1) is 10.2 Å². The Hall–Kier alpha value is -3.15. The van der Waals surface area contributed by atoms with Gasteiger partial charge in [0.2, 0.25) is 0 Å². The summed E-state index contributed by atoms with van der Waals surface area (Å²) in [6, 6.07) is 13.0. The maximum Gasteiger partial charge on any atom is 0.416 e. The van der Waals surface area contributed by atoms with Crippen LogP contribution in [0.15, 0.2) is 59.5 Å². The summed E-state index contributed by atoms with van der Waals surface area (Å²) in [5.41, 5.74) is 0.381. The average molecular weight is 499 g/mol. The van der Waals surface area contributed by atoms with E-state index < -0.39 is 24.5 Å². The molecule has 8 nitrogen and oxygen atoms in total. The van der Waals surface area contributed by atoms with Crippen LogP contribution in [-0.4, -0.2) is 46.7 Å². The maximum absolute atomic E-state index is 13.0.